The number of rotatable bonds is 3. The van der Waals surface area contributed by atoms with E-state index in [0.29, 0.717) is 0 Å². The summed E-state index contributed by atoms with van der Waals surface area (Å²) in [5, 5.41) is 3.61. The van der Waals surface area contributed by atoms with Gasteiger partial charge in [-0.1, -0.05) is 6.42 Å². The maximum absolute atomic E-state index is 4.36. The first-order chi connectivity index (χ1) is 10.0. The van der Waals surface area contributed by atoms with Crippen LogP contribution in [0, 0.1) is 5.92 Å². The van der Waals surface area contributed by atoms with Gasteiger partial charge in [-0.25, -0.2) is 0 Å². The number of hydrogen-bond acceptors (Lipinski definition) is 3. The fraction of sp³-hybridized carbons (Fsp3) is 0.722. The van der Waals surface area contributed by atoms with E-state index in [-0.39, 0.29) is 5.54 Å². The molecule has 3 heteroatoms. The van der Waals surface area contributed by atoms with E-state index >= 15 is 0 Å². The van der Waals surface area contributed by atoms with E-state index in [2.05, 4.69) is 42.0 Å². The third-order valence-electron chi connectivity index (χ3n) is 4.99. The molecule has 1 aromatic heterocycles. The smallest absolute Gasteiger partial charge is 0.0445 e. The fourth-order valence-electron chi connectivity index (χ4n) is 3.95. The predicted molar refractivity (Wildman–Crippen MR) is 88.5 cm³/mol. The molecule has 1 saturated heterocycles. The Morgan fingerprint density at radius 1 is 1.24 bits per heavy atom. The van der Waals surface area contributed by atoms with Crippen molar-refractivity contribution in [2.45, 2.75) is 71.0 Å². The fourth-order valence-corrected chi connectivity index (χ4v) is 3.95. The maximum atomic E-state index is 4.36. The average molecular weight is 287 g/mol. The van der Waals surface area contributed by atoms with Crippen LogP contribution < -0.4 is 10.2 Å². The zero-order valence-electron chi connectivity index (χ0n) is 13.7. The third kappa shape index (κ3) is 3.39. The second kappa shape index (κ2) is 5.96. The first-order valence-electron chi connectivity index (χ1n) is 8.49. The molecular formula is C18H29N3. The number of pyridine rings is 1. The third-order valence-corrected chi connectivity index (χ3v) is 4.99. The van der Waals surface area contributed by atoms with E-state index in [1.807, 2.05) is 12.4 Å². The number of fused-ring (bicyclic) bond motifs is 1. The summed E-state index contributed by atoms with van der Waals surface area (Å²) in [6.45, 7) is 8.78. The predicted octanol–water partition coefficient (Wildman–Crippen LogP) is 3.74. The van der Waals surface area contributed by atoms with Gasteiger partial charge in [0.25, 0.3) is 0 Å². The summed E-state index contributed by atoms with van der Waals surface area (Å²) in [5.74, 6) is 0.926. The molecule has 3 rings (SSSR count). The van der Waals surface area contributed by atoms with Crippen molar-refractivity contribution in [3.05, 3.63) is 24.0 Å². The summed E-state index contributed by atoms with van der Waals surface area (Å²) in [4.78, 5) is 7.04. The molecule has 0 bridgehead atoms. The molecule has 1 aliphatic heterocycles. The monoisotopic (exact) mass is 287 g/mol. The second-order valence-corrected chi connectivity index (χ2v) is 7.70. The minimum absolute atomic E-state index is 0.144. The van der Waals surface area contributed by atoms with E-state index in [1.165, 1.54) is 49.9 Å². The number of nitrogens with one attached hydrogen (secondary N) is 1. The van der Waals surface area contributed by atoms with Crippen LogP contribution in [0.15, 0.2) is 18.5 Å². The molecule has 2 aliphatic rings. The van der Waals surface area contributed by atoms with Gasteiger partial charge < -0.3 is 10.2 Å². The van der Waals surface area contributed by atoms with Crippen molar-refractivity contribution >= 4 is 5.69 Å². The molecule has 21 heavy (non-hydrogen) atoms. The highest BCUT2D eigenvalue weighted by Crippen LogP contribution is 2.39. The minimum atomic E-state index is 0.144. The van der Waals surface area contributed by atoms with Gasteiger partial charge in [0, 0.05) is 48.3 Å². The van der Waals surface area contributed by atoms with Gasteiger partial charge in [0.2, 0.25) is 0 Å². The lowest BCUT2D eigenvalue weighted by molar-refractivity contribution is 0.361. The van der Waals surface area contributed by atoms with Crippen molar-refractivity contribution in [1.82, 2.24) is 10.3 Å². The van der Waals surface area contributed by atoms with Gasteiger partial charge in [-0.05, 0) is 58.4 Å². The normalized spacial score (nSPS) is 26.0. The number of aromatic nitrogens is 1. The topological polar surface area (TPSA) is 28.2 Å². The van der Waals surface area contributed by atoms with Crippen LogP contribution in [0.3, 0.4) is 0 Å². The quantitative estimate of drug-likeness (QED) is 0.918. The Morgan fingerprint density at radius 2 is 2.05 bits per heavy atom. The highest BCUT2D eigenvalue weighted by molar-refractivity contribution is 5.54. The van der Waals surface area contributed by atoms with E-state index in [0.717, 1.165) is 18.5 Å². The molecule has 1 N–H and O–H groups in total. The molecule has 0 aromatic carbocycles. The van der Waals surface area contributed by atoms with Gasteiger partial charge in [0.15, 0.2) is 0 Å². The first-order valence-corrected chi connectivity index (χ1v) is 8.49. The summed E-state index contributed by atoms with van der Waals surface area (Å²) < 4.78 is 0. The second-order valence-electron chi connectivity index (χ2n) is 7.70. The highest BCUT2D eigenvalue weighted by atomic mass is 15.2. The van der Waals surface area contributed by atoms with E-state index < -0.39 is 0 Å². The van der Waals surface area contributed by atoms with Crippen LogP contribution >= 0.6 is 0 Å². The van der Waals surface area contributed by atoms with Crippen molar-refractivity contribution in [2.24, 2.45) is 5.92 Å². The molecule has 2 atom stereocenters. The van der Waals surface area contributed by atoms with E-state index in [1.54, 1.807) is 0 Å². The number of hydrogen-bond donors (Lipinski definition) is 1. The zero-order chi connectivity index (χ0) is 14.9. The Labute approximate surface area is 129 Å². The van der Waals surface area contributed by atoms with Crippen molar-refractivity contribution < 1.29 is 0 Å². The average Bonchev–Trinajstić information content (AvgIpc) is 2.93. The molecule has 0 radical (unpaired) electrons. The molecule has 0 amide bonds. The number of nitrogens with zero attached hydrogens (tertiary/aromatic N) is 2. The summed E-state index contributed by atoms with van der Waals surface area (Å²) in [6, 6.07) is 3.00. The van der Waals surface area contributed by atoms with Gasteiger partial charge in [0.1, 0.15) is 0 Å². The van der Waals surface area contributed by atoms with E-state index in [9.17, 15) is 0 Å². The van der Waals surface area contributed by atoms with Crippen molar-refractivity contribution in [3.8, 4) is 0 Å². The Bertz CT molecular complexity index is 478. The number of anilines is 1. The summed E-state index contributed by atoms with van der Waals surface area (Å²) in [5.41, 5.74) is 2.91. The maximum Gasteiger partial charge on any atom is 0.0445 e. The largest absolute Gasteiger partial charge is 0.368 e. The molecule has 2 heterocycles. The molecule has 3 nitrogen and oxygen atoms in total. The van der Waals surface area contributed by atoms with Crippen LogP contribution in [0.5, 0.6) is 0 Å². The lowest BCUT2D eigenvalue weighted by Crippen LogP contribution is -2.43. The first kappa shape index (κ1) is 14.8. The molecule has 0 spiro atoms. The van der Waals surface area contributed by atoms with Crippen LogP contribution in [0.2, 0.25) is 0 Å². The lowest BCUT2D eigenvalue weighted by Gasteiger charge is -2.40. The van der Waals surface area contributed by atoms with Crippen LogP contribution in [0.25, 0.3) is 0 Å². The van der Waals surface area contributed by atoms with Gasteiger partial charge in [-0.3, -0.25) is 4.98 Å². The minimum Gasteiger partial charge on any atom is -0.368 e. The SMILES string of the molecule is CC(C)(C)NCc1cnccc1N1CCCC2CCCC21. The van der Waals surface area contributed by atoms with Gasteiger partial charge in [0.05, 0.1) is 0 Å². The number of piperidine rings is 1. The molecule has 1 aromatic rings. The standard InChI is InChI=1S/C18H29N3/c1-18(2,3)20-13-15-12-19-10-9-17(15)21-11-5-7-14-6-4-8-16(14)21/h9-10,12,14,16,20H,4-8,11,13H2,1-3H3. The lowest BCUT2D eigenvalue weighted by atomic mass is 9.91. The van der Waals surface area contributed by atoms with Crippen LogP contribution in [-0.4, -0.2) is 23.1 Å². The van der Waals surface area contributed by atoms with E-state index in [4.69, 9.17) is 0 Å². The Kier molecular flexibility index (Phi) is 4.21. The molecule has 1 aliphatic carbocycles. The van der Waals surface area contributed by atoms with Crippen LogP contribution in [-0.2, 0) is 6.54 Å². The van der Waals surface area contributed by atoms with Crippen molar-refractivity contribution in [3.63, 3.8) is 0 Å². The molecular weight excluding hydrogens is 258 g/mol. The van der Waals surface area contributed by atoms with Crippen molar-refractivity contribution in [1.29, 1.82) is 0 Å². The van der Waals surface area contributed by atoms with Crippen LogP contribution in [0.1, 0.15) is 58.4 Å². The zero-order valence-corrected chi connectivity index (χ0v) is 13.7. The molecule has 116 valence electrons. The molecule has 2 unspecified atom stereocenters. The summed E-state index contributed by atoms with van der Waals surface area (Å²) in [6.07, 6.45) is 11.0. The van der Waals surface area contributed by atoms with Gasteiger partial charge in [-0.2, -0.15) is 0 Å². The molecule has 2 fully saturated rings. The highest BCUT2D eigenvalue weighted by Gasteiger charge is 2.35. The van der Waals surface area contributed by atoms with Crippen molar-refractivity contribution in [2.75, 3.05) is 11.4 Å². The van der Waals surface area contributed by atoms with Gasteiger partial charge in [-0.15, -0.1) is 0 Å². The van der Waals surface area contributed by atoms with Crippen LogP contribution in [0.4, 0.5) is 5.69 Å². The molecule has 1 saturated carbocycles. The Hall–Kier alpha value is -1.09. The Morgan fingerprint density at radius 3 is 2.86 bits per heavy atom. The van der Waals surface area contributed by atoms with Gasteiger partial charge >= 0.3 is 0 Å². The summed E-state index contributed by atoms with van der Waals surface area (Å²) in [7, 11) is 0. The Balaban J connectivity index is 1.81. The summed E-state index contributed by atoms with van der Waals surface area (Å²) >= 11 is 0.